The van der Waals surface area contributed by atoms with E-state index in [4.69, 9.17) is 4.74 Å². The lowest BCUT2D eigenvalue weighted by molar-refractivity contribution is 0.205. The molecule has 0 radical (unpaired) electrons. The number of hydrogen-bond donors (Lipinski definition) is 0. The van der Waals surface area contributed by atoms with Crippen molar-refractivity contribution >= 4 is 21.7 Å². The smallest absolute Gasteiger partial charge is 0.166 e. The molecular weight excluding hydrogens is 275 g/mol. The normalized spacial score (nSPS) is 10.2. The van der Waals surface area contributed by atoms with Crippen molar-refractivity contribution in [2.24, 2.45) is 0 Å². The fraction of sp³-hybridized carbons (Fsp3) is 0.364. The highest BCUT2D eigenvalue weighted by atomic mass is 79.9. The van der Waals surface area contributed by atoms with Crippen molar-refractivity contribution < 1.29 is 9.13 Å². The van der Waals surface area contributed by atoms with Gasteiger partial charge in [0.15, 0.2) is 11.6 Å². The molecule has 3 nitrogen and oxygen atoms in total. The van der Waals surface area contributed by atoms with Crippen molar-refractivity contribution in [2.45, 2.75) is 0 Å². The molecule has 0 aliphatic rings. The largest absolute Gasteiger partial charge is 0.383 e. The van der Waals surface area contributed by atoms with E-state index >= 15 is 0 Å². The molecule has 5 heteroatoms. The number of nitrogens with zero attached hydrogens (tertiary/aromatic N) is 2. The molecule has 1 rings (SSSR count). The molecule has 1 aromatic rings. The quantitative estimate of drug-likeness (QED) is 0.753. The lowest BCUT2D eigenvalue weighted by Gasteiger charge is -2.22. The van der Waals surface area contributed by atoms with Crippen LogP contribution in [0.2, 0.25) is 0 Å². The molecular formula is C11H14BrFN2O. The van der Waals surface area contributed by atoms with Gasteiger partial charge in [0.05, 0.1) is 6.61 Å². The van der Waals surface area contributed by atoms with E-state index < -0.39 is 0 Å². The van der Waals surface area contributed by atoms with Crippen molar-refractivity contribution in [2.75, 3.05) is 31.7 Å². The second-order valence-corrected chi connectivity index (χ2v) is 4.10. The Morgan fingerprint density at radius 1 is 1.69 bits per heavy atom. The van der Waals surface area contributed by atoms with Crippen LogP contribution in [0.1, 0.15) is 0 Å². The van der Waals surface area contributed by atoms with E-state index in [0.29, 0.717) is 30.0 Å². The molecule has 0 aromatic carbocycles. The van der Waals surface area contributed by atoms with Crippen LogP contribution in [0, 0.1) is 5.82 Å². The summed E-state index contributed by atoms with van der Waals surface area (Å²) < 4.78 is 19.2. The lowest BCUT2D eigenvalue weighted by Crippen LogP contribution is -2.29. The molecule has 0 atom stereocenters. The maximum Gasteiger partial charge on any atom is 0.166 e. The predicted molar refractivity (Wildman–Crippen MR) is 66.2 cm³/mol. The third-order valence-electron chi connectivity index (χ3n) is 2.00. The maximum atomic E-state index is 13.6. The summed E-state index contributed by atoms with van der Waals surface area (Å²) >= 11 is 3.17. The monoisotopic (exact) mass is 288 g/mol. The standard InChI is InChI=1S/C11H14BrFN2O/c1-3-4-15(5-6-16-2)11-10(13)7-9(12)8-14-11/h3,7-8H,1,4-6H2,2H3. The number of halogens is 2. The van der Waals surface area contributed by atoms with Gasteiger partial charge in [-0.05, 0) is 22.0 Å². The number of rotatable bonds is 6. The highest BCUT2D eigenvalue weighted by molar-refractivity contribution is 9.10. The molecule has 0 aliphatic carbocycles. The van der Waals surface area contributed by atoms with Crippen molar-refractivity contribution in [3.63, 3.8) is 0 Å². The van der Waals surface area contributed by atoms with Gasteiger partial charge in [0.25, 0.3) is 0 Å². The molecule has 0 spiro atoms. The van der Waals surface area contributed by atoms with E-state index in [-0.39, 0.29) is 5.82 Å². The second kappa shape index (κ2) is 6.60. The first-order valence-electron chi connectivity index (χ1n) is 4.85. The summed E-state index contributed by atoms with van der Waals surface area (Å²) in [6, 6.07) is 1.39. The molecule has 0 unspecified atom stereocenters. The third kappa shape index (κ3) is 3.57. The van der Waals surface area contributed by atoms with Crippen LogP contribution < -0.4 is 4.90 Å². The summed E-state index contributed by atoms with van der Waals surface area (Å²) in [5.74, 6) is -0.0347. The van der Waals surface area contributed by atoms with Gasteiger partial charge in [-0.1, -0.05) is 6.08 Å². The van der Waals surface area contributed by atoms with E-state index in [2.05, 4.69) is 27.5 Å². The summed E-state index contributed by atoms with van der Waals surface area (Å²) in [6.45, 7) is 5.27. The average molecular weight is 289 g/mol. The first kappa shape index (κ1) is 13.1. The average Bonchev–Trinajstić information content (AvgIpc) is 2.25. The van der Waals surface area contributed by atoms with Gasteiger partial charge in [0.2, 0.25) is 0 Å². The number of ether oxygens (including phenoxy) is 1. The van der Waals surface area contributed by atoms with Crippen molar-refractivity contribution in [1.29, 1.82) is 0 Å². The summed E-state index contributed by atoms with van der Waals surface area (Å²) in [6.07, 6.45) is 3.28. The Morgan fingerprint density at radius 2 is 2.44 bits per heavy atom. The zero-order valence-electron chi connectivity index (χ0n) is 9.12. The van der Waals surface area contributed by atoms with Gasteiger partial charge in [-0.3, -0.25) is 0 Å². The van der Waals surface area contributed by atoms with E-state index in [1.54, 1.807) is 24.3 Å². The van der Waals surface area contributed by atoms with E-state index in [0.717, 1.165) is 0 Å². The third-order valence-corrected chi connectivity index (χ3v) is 2.44. The summed E-state index contributed by atoms with van der Waals surface area (Å²) in [5, 5.41) is 0. The van der Waals surface area contributed by atoms with E-state index in [9.17, 15) is 4.39 Å². The Bertz CT molecular complexity index is 360. The molecule has 0 bridgehead atoms. The van der Waals surface area contributed by atoms with E-state index in [1.807, 2.05) is 0 Å². The minimum absolute atomic E-state index is 0.320. The minimum Gasteiger partial charge on any atom is -0.383 e. The van der Waals surface area contributed by atoms with Crippen LogP contribution in [-0.4, -0.2) is 31.8 Å². The van der Waals surface area contributed by atoms with Gasteiger partial charge < -0.3 is 9.64 Å². The number of hydrogen-bond acceptors (Lipinski definition) is 3. The van der Waals surface area contributed by atoms with Gasteiger partial charge in [-0.25, -0.2) is 9.37 Å². The highest BCUT2D eigenvalue weighted by Crippen LogP contribution is 2.19. The molecule has 1 aromatic heterocycles. The number of methoxy groups -OCH3 is 1. The number of pyridine rings is 1. The van der Waals surface area contributed by atoms with Gasteiger partial charge in [0.1, 0.15) is 0 Å². The lowest BCUT2D eigenvalue weighted by atomic mass is 10.4. The zero-order chi connectivity index (χ0) is 12.0. The molecule has 0 saturated heterocycles. The highest BCUT2D eigenvalue weighted by Gasteiger charge is 2.11. The SMILES string of the molecule is C=CCN(CCOC)c1ncc(Br)cc1F. The Kier molecular flexibility index (Phi) is 5.42. The molecule has 0 N–H and O–H groups in total. The van der Waals surface area contributed by atoms with Gasteiger partial charge >= 0.3 is 0 Å². The van der Waals surface area contributed by atoms with Crippen molar-refractivity contribution in [3.05, 3.63) is 35.2 Å². The molecule has 0 fully saturated rings. The molecule has 16 heavy (non-hydrogen) atoms. The van der Waals surface area contributed by atoms with Crippen LogP contribution in [0.3, 0.4) is 0 Å². The molecule has 0 amide bonds. The van der Waals surface area contributed by atoms with Crippen LogP contribution in [0.15, 0.2) is 29.4 Å². The van der Waals surface area contributed by atoms with Crippen LogP contribution in [0.4, 0.5) is 10.2 Å². The fourth-order valence-electron chi connectivity index (χ4n) is 1.28. The maximum absolute atomic E-state index is 13.6. The fourth-order valence-corrected chi connectivity index (χ4v) is 1.58. The van der Waals surface area contributed by atoms with Crippen molar-refractivity contribution in [3.8, 4) is 0 Å². The molecule has 88 valence electrons. The minimum atomic E-state index is -0.354. The van der Waals surface area contributed by atoms with Gasteiger partial charge in [0, 0.05) is 30.9 Å². The number of aromatic nitrogens is 1. The van der Waals surface area contributed by atoms with Gasteiger partial charge in [-0.15, -0.1) is 6.58 Å². The molecule has 1 heterocycles. The predicted octanol–water partition coefficient (Wildman–Crippen LogP) is 2.62. The summed E-state index contributed by atoms with van der Waals surface area (Å²) in [4.78, 5) is 5.83. The zero-order valence-corrected chi connectivity index (χ0v) is 10.7. The first-order valence-corrected chi connectivity index (χ1v) is 5.64. The topological polar surface area (TPSA) is 25.4 Å². The number of anilines is 1. The van der Waals surface area contributed by atoms with Gasteiger partial charge in [-0.2, -0.15) is 0 Å². The summed E-state index contributed by atoms with van der Waals surface area (Å²) in [5.41, 5.74) is 0. The Hall–Kier alpha value is -0.940. The summed E-state index contributed by atoms with van der Waals surface area (Å²) in [7, 11) is 1.61. The van der Waals surface area contributed by atoms with Crippen LogP contribution in [0.25, 0.3) is 0 Å². The second-order valence-electron chi connectivity index (χ2n) is 3.19. The first-order chi connectivity index (χ1) is 7.69. The Labute approximate surface area is 103 Å². The molecule has 0 saturated carbocycles. The van der Waals surface area contributed by atoms with Crippen molar-refractivity contribution in [1.82, 2.24) is 4.98 Å². The Balaban J connectivity index is 2.86. The Morgan fingerprint density at radius 3 is 3.00 bits per heavy atom. The molecule has 0 aliphatic heterocycles. The van der Waals surface area contributed by atoms with E-state index in [1.165, 1.54) is 6.07 Å². The van der Waals surface area contributed by atoms with Crippen LogP contribution in [0.5, 0.6) is 0 Å². The van der Waals surface area contributed by atoms with Crippen LogP contribution >= 0.6 is 15.9 Å². The van der Waals surface area contributed by atoms with Crippen LogP contribution in [-0.2, 0) is 4.74 Å².